The molecule has 4 nitrogen and oxygen atoms in total. The van der Waals surface area contributed by atoms with E-state index in [2.05, 4.69) is 42.3 Å². The van der Waals surface area contributed by atoms with Gasteiger partial charge in [0.15, 0.2) is 11.6 Å². The number of rotatable bonds is 9. The van der Waals surface area contributed by atoms with Gasteiger partial charge < -0.3 is 10.2 Å². The van der Waals surface area contributed by atoms with Gasteiger partial charge in [-0.1, -0.05) is 78.9 Å². The topological polar surface area (TPSA) is 49.4 Å². The molecule has 0 aliphatic carbocycles. The van der Waals surface area contributed by atoms with E-state index in [4.69, 9.17) is 0 Å². The number of likely N-dealkylation sites (tertiary alicyclic amines) is 1. The Morgan fingerprint density at radius 1 is 0.821 bits per heavy atom. The molecule has 5 rings (SSSR count). The second-order valence-electron chi connectivity index (χ2n) is 11.6. The van der Waals surface area contributed by atoms with Crippen LogP contribution in [-0.4, -0.2) is 49.2 Å². The van der Waals surface area contributed by atoms with Crippen LogP contribution in [0.5, 0.6) is 0 Å². The van der Waals surface area contributed by atoms with Crippen LogP contribution < -0.4 is 5.32 Å². The number of aryl methyl sites for hydroxylation is 1. The fourth-order valence-electron chi connectivity index (χ4n) is 6.79. The molecule has 2 aliphatic heterocycles. The van der Waals surface area contributed by atoms with E-state index in [-0.39, 0.29) is 29.3 Å². The molecule has 3 aromatic carbocycles. The van der Waals surface area contributed by atoms with Crippen LogP contribution in [0, 0.1) is 31.6 Å². The van der Waals surface area contributed by atoms with E-state index >= 15 is 0 Å². The fraction of sp³-hybridized carbons (Fsp3) is 0.429. The van der Waals surface area contributed by atoms with Crippen LogP contribution in [-0.2, 0) is 0 Å². The molecular formula is C35H42N2O2. The lowest BCUT2D eigenvalue weighted by atomic mass is 9.67. The van der Waals surface area contributed by atoms with E-state index in [0.29, 0.717) is 13.1 Å². The van der Waals surface area contributed by atoms with Crippen LogP contribution in [0.25, 0.3) is 0 Å². The van der Waals surface area contributed by atoms with Gasteiger partial charge in [-0.2, -0.15) is 0 Å². The van der Waals surface area contributed by atoms with E-state index in [1.165, 1.54) is 30.4 Å². The number of nitrogens with zero attached hydrogens (tertiary/aromatic N) is 1. The largest absolute Gasteiger partial charge is 0.316 e. The van der Waals surface area contributed by atoms with Gasteiger partial charge in [-0.15, -0.1) is 0 Å². The molecule has 2 saturated heterocycles. The standard InChI is InChI=1S/C35H42N2O2/c1-25-12-9-19-30(26(25)2)33-31(34(38)28-15-5-3-6-16-28)23-37(21-11-14-27-13-10-20-36-22-27)24-32(33)35(39)29-17-7-4-8-18-29/h3-9,12,15-19,27,31-33,36H,10-11,13-14,20-24H2,1-2H3/t27?,31-,32+,33+. The van der Waals surface area contributed by atoms with Crippen molar-refractivity contribution in [2.24, 2.45) is 17.8 Å². The number of Topliss-reactive ketones (excluding diaryl/α,β-unsaturated/α-hetero) is 2. The van der Waals surface area contributed by atoms with Crippen molar-refractivity contribution < 1.29 is 9.59 Å². The maximum atomic E-state index is 14.2. The number of piperidine rings is 2. The van der Waals surface area contributed by atoms with Gasteiger partial charge in [-0.3, -0.25) is 9.59 Å². The first kappa shape index (κ1) is 27.5. The van der Waals surface area contributed by atoms with Crippen LogP contribution in [0.1, 0.15) is 69.0 Å². The third-order valence-corrected chi connectivity index (χ3v) is 9.06. The summed E-state index contributed by atoms with van der Waals surface area (Å²) in [6, 6.07) is 25.7. The molecule has 1 unspecified atom stereocenters. The molecular weight excluding hydrogens is 480 g/mol. The number of benzene rings is 3. The summed E-state index contributed by atoms with van der Waals surface area (Å²) in [5, 5.41) is 3.53. The zero-order valence-corrected chi connectivity index (χ0v) is 23.4. The smallest absolute Gasteiger partial charge is 0.167 e. The highest BCUT2D eigenvalue weighted by Crippen LogP contribution is 2.42. The third kappa shape index (κ3) is 6.40. The molecule has 39 heavy (non-hydrogen) atoms. The van der Waals surface area contributed by atoms with Crippen molar-refractivity contribution in [3.05, 3.63) is 107 Å². The normalized spacial score (nSPS) is 23.8. The molecule has 4 atom stereocenters. The van der Waals surface area contributed by atoms with Crippen molar-refractivity contribution >= 4 is 11.6 Å². The lowest BCUT2D eigenvalue weighted by Gasteiger charge is -2.44. The lowest BCUT2D eigenvalue weighted by Crippen LogP contribution is -2.50. The zero-order valence-electron chi connectivity index (χ0n) is 23.4. The highest BCUT2D eigenvalue weighted by molar-refractivity contribution is 6.02. The summed E-state index contributed by atoms with van der Waals surface area (Å²) < 4.78 is 0. The molecule has 0 amide bonds. The SMILES string of the molecule is Cc1cccc([C@@H]2[C@@H](C(=O)c3ccccc3)CN(CCCC3CCCNC3)C[C@H]2C(=O)c2ccccc2)c1C. The van der Waals surface area contributed by atoms with Crippen molar-refractivity contribution in [2.45, 2.75) is 45.4 Å². The number of nitrogens with one attached hydrogen (secondary N) is 1. The summed E-state index contributed by atoms with van der Waals surface area (Å²) in [5.74, 6) is 0.298. The molecule has 0 saturated carbocycles. The Hall–Kier alpha value is -3.08. The number of carbonyl (C=O) groups excluding carboxylic acids is 2. The van der Waals surface area contributed by atoms with Gasteiger partial charge in [0.1, 0.15) is 0 Å². The quantitative estimate of drug-likeness (QED) is 0.327. The van der Waals surface area contributed by atoms with Gasteiger partial charge in [-0.05, 0) is 81.8 Å². The molecule has 2 aliphatic rings. The minimum absolute atomic E-state index is 0.147. The number of hydrogen-bond donors (Lipinski definition) is 1. The van der Waals surface area contributed by atoms with Crippen molar-refractivity contribution in [1.29, 1.82) is 0 Å². The Balaban J connectivity index is 1.50. The molecule has 0 aromatic heterocycles. The minimum Gasteiger partial charge on any atom is -0.316 e. The van der Waals surface area contributed by atoms with Gasteiger partial charge in [0.2, 0.25) is 0 Å². The molecule has 2 fully saturated rings. The first-order valence-corrected chi connectivity index (χ1v) is 14.7. The van der Waals surface area contributed by atoms with Gasteiger partial charge in [0.25, 0.3) is 0 Å². The van der Waals surface area contributed by atoms with E-state index in [1.807, 2.05) is 60.7 Å². The monoisotopic (exact) mass is 522 g/mol. The Labute approximate surface area is 233 Å². The first-order valence-electron chi connectivity index (χ1n) is 14.7. The van der Waals surface area contributed by atoms with E-state index in [0.717, 1.165) is 48.7 Å². The zero-order chi connectivity index (χ0) is 27.2. The molecule has 2 heterocycles. The fourth-order valence-corrected chi connectivity index (χ4v) is 6.79. The maximum Gasteiger partial charge on any atom is 0.167 e. The van der Waals surface area contributed by atoms with Gasteiger partial charge in [0, 0.05) is 42.0 Å². The average Bonchev–Trinajstić information content (AvgIpc) is 2.99. The van der Waals surface area contributed by atoms with Crippen LogP contribution in [0.2, 0.25) is 0 Å². The Morgan fingerprint density at radius 2 is 1.44 bits per heavy atom. The van der Waals surface area contributed by atoms with Crippen molar-refractivity contribution in [1.82, 2.24) is 10.2 Å². The molecule has 3 aromatic rings. The molecule has 0 radical (unpaired) electrons. The number of carbonyl (C=O) groups is 2. The number of ketones is 2. The van der Waals surface area contributed by atoms with Gasteiger partial charge in [0.05, 0.1) is 0 Å². The second-order valence-corrected chi connectivity index (χ2v) is 11.6. The molecule has 0 bridgehead atoms. The average molecular weight is 523 g/mol. The molecule has 4 heteroatoms. The summed E-state index contributed by atoms with van der Waals surface area (Å²) in [4.78, 5) is 30.8. The van der Waals surface area contributed by atoms with Gasteiger partial charge >= 0.3 is 0 Å². The van der Waals surface area contributed by atoms with E-state index < -0.39 is 0 Å². The van der Waals surface area contributed by atoms with E-state index in [9.17, 15) is 9.59 Å². The molecule has 0 spiro atoms. The minimum atomic E-state index is -0.282. The van der Waals surface area contributed by atoms with Crippen molar-refractivity contribution in [3.63, 3.8) is 0 Å². The summed E-state index contributed by atoms with van der Waals surface area (Å²) in [6.45, 7) is 8.81. The Morgan fingerprint density at radius 3 is 2.00 bits per heavy atom. The van der Waals surface area contributed by atoms with Crippen LogP contribution in [0.15, 0.2) is 78.9 Å². The van der Waals surface area contributed by atoms with Gasteiger partial charge in [-0.25, -0.2) is 0 Å². The predicted molar refractivity (Wildman–Crippen MR) is 158 cm³/mol. The van der Waals surface area contributed by atoms with Crippen molar-refractivity contribution in [2.75, 3.05) is 32.7 Å². The molecule has 1 N–H and O–H groups in total. The predicted octanol–water partition coefficient (Wildman–Crippen LogP) is 6.48. The summed E-state index contributed by atoms with van der Waals surface area (Å²) >= 11 is 0. The highest BCUT2D eigenvalue weighted by atomic mass is 16.1. The van der Waals surface area contributed by atoms with Crippen molar-refractivity contribution in [3.8, 4) is 0 Å². The molecule has 204 valence electrons. The summed E-state index contributed by atoms with van der Waals surface area (Å²) in [5.41, 5.74) is 5.01. The van der Waals surface area contributed by atoms with Crippen LogP contribution in [0.4, 0.5) is 0 Å². The second kappa shape index (κ2) is 12.8. The summed E-state index contributed by atoms with van der Waals surface area (Å²) in [6.07, 6.45) is 4.84. The highest BCUT2D eigenvalue weighted by Gasteiger charge is 2.45. The Kier molecular flexibility index (Phi) is 9.06. The Bertz CT molecular complexity index is 1190. The first-order chi connectivity index (χ1) is 19.0. The third-order valence-electron chi connectivity index (χ3n) is 9.06. The number of hydrogen-bond acceptors (Lipinski definition) is 4. The van der Waals surface area contributed by atoms with E-state index in [1.54, 1.807) is 0 Å². The van der Waals surface area contributed by atoms with Crippen LogP contribution in [0.3, 0.4) is 0 Å². The lowest BCUT2D eigenvalue weighted by molar-refractivity contribution is 0.0565. The van der Waals surface area contributed by atoms with Crippen LogP contribution >= 0.6 is 0 Å². The summed E-state index contributed by atoms with van der Waals surface area (Å²) in [7, 11) is 0. The maximum absolute atomic E-state index is 14.2.